The van der Waals surface area contributed by atoms with Gasteiger partial charge in [0.05, 0.1) is 6.54 Å². The summed E-state index contributed by atoms with van der Waals surface area (Å²) < 4.78 is 5.54. The van der Waals surface area contributed by atoms with Gasteiger partial charge in [0.25, 0.3) is 5.91 Å². The zero-order valence-corrected chi connectivity index (χ0v) is 17.7. The number of benzene rings is 2. The molecule has 162 valence electrons. The molecule has 1 fully saturated rings. The molecule has 0 radical (unpaired) electrons. The number of aliphatic hydroxyl groups excluding tert-OH is 1. The van der Waals surface area contributed by atoms with Crippen molar-refractivity contribution in [3.05, 3.63) is 64.7 Å². The van der Waals surface area contributed by atoms with Crippen LogP contribution in [-0.4, -0.2) is 47.0 Å². The number of amides is 3. The Balaban J connectivity index is 1.40. The predicted molar refractivity (Wildman–Crippen MR) is 114 cm³/mol. The van der Waals surface area contributed by atoms with Gasteiger partial charge in [-0.2, -0.15) is 0 Å². The minimum atomic E-state index is -1.15. The summed E-state index contributed by atoms with van der Waals surface area (Å²) in [4.78, 5) is 38.0. The molecule has 2 N–H and O–H groups in total. The number of ether oxygens (including phenoxy) is 1. The molecule has 0 bridgehead atoms. The highest BCUT2D eigenvalue weighted by atomic mass is 16.5. The fraction of sp³-hybridized carbons (Fsp3) is 0.375. The van der Waals surface area contributed by atoms with Crippen LogP contribution in [-0.2, 0) is 23.2 Å². The lowest BCUT2D eigenvalue weighted by atomic mass is 9.89. The van der Waals surface area contributed by atoms with Crippen LogP contribution < -0.4 is 10.1 Å². The maximum atomic E-state index is 13.1. The van der Waals surface area contributed by atoms with Gasteiger partial charge in [-0.25, -0.2) is 4.79 Å². The zero-order valence-electron chi connectivity index (χ0n) is 17.7. The molecule has 2 atom stereocenters. The van der Waals surface area contributed by atoms with Crippen molar-refractivity contribution in [3.63, 3.8) is 0 Å². The number of carbonyl (C=O) groups excluding carboxylic acids is 3. The Kier molecular flexibility index (Phi) is 5.54. The van der Waals surface area contributed by atoms with Crippen LogP contribution in [0.4, 0.5) is 4.79 Å². The fourth-order valence-electron chi connectivity index (χ4n) is 4.18. The molecule has 0 unspecified atom stereocenters. The van der Waals surface area contributed by atoms with Gasteiger partial charge in [-0.1, -0.05) is 18.2 Å². The third-order valence-corrected chi connectivity index (χ3v) is 6.05. The number of fused-ring (bicyclic) bond motifs is 1. The first kappa shape index (κ1) is 21.1. The number of nitrogens with one attached hydrogen (secondary N) is 1. The van der Waals surface area contributed by atoms with Crippen LogP contribution in [0.5, 0.6) is 5.75 Å². The quantitative estimate of drug-likeness (QED) is 0.528. The largest absolute Gasteiger partial charge is 0.491 e. The monoisotopic (exact) mass is 422 g/mol. The third kappa shape index (κ3) is 4.05. The second-order valence-corrected chi connectivity index (χ2v) is 8.35. The highest BCUT2D eigenvalue weighted by molar-refractivity contribution is 6.07. The molecule has 3 amide bonds. The summed E-state index contributed by atoms with van der Waals surface area (Å²) in [6, 6.07) is 12.0. The van der Waals surface area contributed by atoms with Gasteiger partial charge in [-0.05, 0) is 74.1 Å². The first-order chi connectivity index (χ1) is 14.8. The van der Waals surface area contributed by atoms with Crippen molar-refractivity contribution >= 4 is 17.7 Å². The number of carbonyl (C=O) groups is 3. The third-order valence-electron chi connectivity index (χ3n) is 6.05. The Morgan fingerprint density at radius 2 is 1.87 bits per heavy atom. The van der Waals surface area contributed by atoms with Crippen LogP contribution in [0.3, 0.4) is 0 Å². The molecule has 0 spiro atoms. The van der Waals surface area contributed by atoms with E-state index in [9.17, 15) is 19.5 Å². The van der Waals surface area contributed by atoms with Crippen molar-refractivity contribution in [2.45, 2.75) is 44.8 Å². The average Bonchev–Trinajstić information content (AvgIpc) is 3.31. The number of hydrogen-bond donors (Lipinski definition) is 2. The second-order valence-electron chi connectivity index (χ2n) is 8.35. The first-order valence-electron chi connectivity index (χ1n) is 10.5. The number of nitrogens with zero attached hydrogens (tertiary/aromatic N) is 1. The summed E-state index contributed by atoms with van der Waals surface area (Å²) in [5.74, 6) is 0.0566. The van der Waals surface area contributed by atoms with Crippen molar-refractivity contribution < 1.29 is 24.2 Å². The lowest BCUT2D eigenvalue weighted by Gasteiger charge is -2.24. The highest BCUT2D eigenvalue weighted by Gasteiger charge is 2.49. The Labute approximate surface area is 181 Å². The standard InChI is InChI=1S/C24H26N2O5/c1-15(27)16-7-10-21(11-8-16)31-14-20(28)13-26-22(29)24(2,25-23(26)30)19-9-6-17-4-3-5-18(17)12-19/h6-12,20,28H,3-5,13-14H2,1-2H3,(H,25,30)/t20-,24-/m0/s1. The minimum absolute atomic E-state index is 0.0448. The molecule has 1 aliphatic heterocycles. The molecule has 1 heterocycles. The van der Waals surface area contributed by atoms with Crippen molar-refractivity contribution in [1.29, 1.82) is 0 Å². The van der Waals surface area contributed by atoms with Crippen LogP contribution in [0.15, 0.2) is 42.5 Å². The Hall–Kier alpha value is -3.19. The Morgan fingerprint density at radius 1 is 1.16 bits per heavy atom. The van der Waals surface area contributed by atoms with E-state index < -0.39 is 17.7 Å². The van der Waals surface area contributed by atoms with Crippen molar-refractivity contribution in [1.82, 2.24) is 10.2 Å². The topological polar surface area (TPSA) is 95.9 Å². The number of aryl methyl sites for hydroxylation is 2. The van der Waals surface area contributed by atoms with E-state index in [0.717, 1.165) is 29.7 Å². The number of ketones is 1. The SMILES string of the molecule is CC(=O)c1ccc(OC[C@@H](O)CN2C(=O)N[C@@](C)(c3ccc4c(c3)CCC4)C2=O)cc1. The number of imide groups is 1. The van der Waals surface area contributed by atoms with Gasteiger partial charge in [-0.3, -0.25) is 14.5 Å². The normalized spacial score (nSPS) is 21.1. The zero-order chi connectivity index (χ0) is 22.2. The predicted octanol–water partition coefficient (Wildman–Crippen LogP) is 2.58. The Morgan fingerprint density at radius 3 is 2.58 bits per heavy atom. The van der Waals surface area contributed by atoms with E-state index >= 15 is 0 Å². The Bertz CT molecular complexity index is 1030. The second kappa shape index (κ2) is 8.15. The van der Waals surface area contributed by atoms with Gasteiger partial charge in [0.15, 0.2) is 5.78 Å². The number of urea groups is 1. The molecule has 0 aromatic heterocycles. The smallest absolute Gasteiger partial charge is 0.325 e. The molecule has 2 aromatic carbocycles. The summed E-state index contributed by atoms with van der Waals surface area (Å²) in [6.45, 7) is 2.92. The van der Waals surface area contributed by atoms with E-state index in [4.69, 9.17) is 4.74 Å². The first-order valence-corrected chi connectivity index (χ1v) is 10.5. The summed E-state index contributed by atoms with van der Waals surface area (Å²) in [6.07, 6.45) is 2.08. The van der Waals surface area contributed by atoms with Crippen LogP contribution in [0, 0.1) is 0 Å². The average molecular weight is 422 g/mol. The molecule has 31 heavy (non-hydrogen) atoms. The summed E-state index contributed by atoms with van der Waals surface area (Å²) in [5, 5.41) is 13.2. The summed E-state index contributed by atoms with van der Waals surface area (Å²) >= 11 is 0. The van der Waals surface area contributed by atoms with E-state index in [1.54, 1.807) is 31.2 Å². The molecular formula is C24H26N2O5. The number of β-amino-alcohol motifs (C(OH)–C–C–N with tert-alkyl or cyclic N) is 1. The molecule has 0 saturated carbocycles. The van der Waals surface area contributed by atoms with Gasteiger partial charge >= 0.3 is 6.03 Å². The fourth-order valence-corrected chi connectivity index (χ4v) is 4.18. The van der Waals surface area contributed by atoms with Crippen LogP contribution in [0.1, 0.15) is 47.3 Å². The van der Waals surface area contributed by atoms with Gasteiger partial charge in [-0.15, -0.1) is 0 Å². The highest BCUT2D eigenvalue weighted by Crippen LogP contribution is 2.32. The van der Waals surface area contributed by atoms with E-state index in [0.29, 0.717) is 11.3 Å². The van der Waals surface area contributed by atoms with Gasteiger partial charge in [0.2, 0.25) is 0 Å². The van der Waals surface area contributed by atoms with E-state index in [-0.39, 0.29) is 24.8 Å². The van der Waals surface area contributed by atoms with Gasteiger partial charge < -0.3 is 15.2 Å². The maximum Gasteiger partial charge on any atom is 0.325 e. The van der Waals surface area contributed by atoms with Crippen molar-refractivity contribution in [2.75, 3.05) is 13.2 Å². The molecule has 2 aliphatic rings. The lowest BCUT2D eigenvalue weighted by Crippen LogP contribution is -2.42. The lowest BCUT2D eigenvalue weighted by molar-refractivity contribution is -0.132. The van der Waals surface area contributed by atoms with Gasteiger partial charge in [0, 0.05) is 5.56 Å². The molecule has 7 heteroatoms. The van der Waals surface area contributed by atoms with Crippen LogP contribution >= 0.6 is 0 Å². The van der Waals surface area contributed by atoms with Crippen LogP contribution in [0.25, 0.3) is 0 Å². The van der Waals surface area contributed by atoms with E-state index in [1.807, 2.05) is 18.2 Å². The number of rotatable bonds is 7. The van der Waals surface area contributed by atoms with Crippen molar-refractivity contribution in [2.24, 2.45) is 0 Å². The molecule has 2 aromatic rings. The van der Waals surface area contributed by atoms with Crippen LogP contribution in [0.2, 0.25) is 0 Å². The number of Topliss-reactive ketones (excluding diaryl/α,β-unsaturated/α-hetero) is 1. The van der Waals surface area contributed by atoms with Gasteiger partial charge in [0.1, 0.15) is 24.0 Å². The number of aliphatic hydroxyl groups is 1. The molecule has 4 rings (SSSR count). The minimum Gasteiger partial charge on any atom is -0.491 e. The maximum absolute atomic E-state index is 13.1. The van der Waals surface area contributed by atoms with E-state index in [1.165, 1.54) is 18.1 Å². The van der Waals surface area contributed by atoms with E-state index in [2.05, 4.69) is 5.32 Å². The molecule has 1 aliphatic carbocycles. The summed E-state index contributed by atoms with van der Waals surface area (Å²) in [7, 11) is 0. The molecule has 1 saturated heterocycles. The molecular weight excluding hydrogens is 396 g/mol. The summed E-state index contributed by atoms with van der Waals surface area (Å²) in [5.41, 5.74) is 2.69. The number of hydrogen-bond acceptors (Lipinski definition) is 5. The molecule has 7 nitrogen and oxygen atoms in total. The van der Waals surface area contributed by atoms with Crippen molar-refractivity contribution in [3.8, 4) is 5.75 Å².